The molecule has 1 N–H and O–H groups in total. The molecule has 34 heavy (non-hydrogen) atoms. The Labute approximate surface area is 195 Å². The molecule has 1 unspecified atom stereocenters. The van der Waals surface area contributed by atoms with Gasteiger partial charge in [-0.05, 0) is 42.0 Å². The first kappa shape index (κ1) is 23.0. The molecule has 176 valence electrons. The van der Waals surface area contributed by atoms with E-state index in [1.165, 1.54) is 12.1 Å². The molecule has 1 amide bonds. The normalized spacial score (nSPS) is 11.8. The molecular formula is C24H24FN5O4. The topological polar surface area (TPSA) is 104 Å². The fraction of sp³-hybridized carbons (Fsp3) is 0.250. The maximum absolute atomic E-state index is 13.1. The Morgan fingerprint density at radius 3 is 2.47 bits per heavy atom. The minimum atomic E-state index is -0.533. The number of aryl methyl sites for hydroxylation is 2. The number of benzene rings is 2. The van der Waals surface area contributed by atoms with E-state index in [2.05, 4.69) is 20.4 Å². The van der Waals surface area contributed by atoms with Gasteiger partial charge < -0.3 is 23.9 Å². The Kier molecular flexibility index (Phi) is 6.86. The summed E-state index contributed by atoms with van der Waals surface area (Å²) in [6.07, 6.45) is 3.84. The average molecular weight is 465 g/mol. The molecule has 4 aromatic rings. The lowest BCUT2D eigenvalue weighted by atomic mass is 10.0. The van der Waals surface area contributed by atoms with Gasteiger partial charge in [0.05, 0.1) is 14.2 Å². The van der Waals surface area contributed by atoms with Crippen LogP contribution in [0.1, 0.15) is 29.7 Å². The number of nitrogens with one attached hydrogen (secondary N) is 1. The summed E-state index contributed by atoms with van der Waals surface area (Å²) in [5.41, 5.74) is 1.39. The highest BCUT2D eigenvalue weighted by Gasteiger charge is 2.23. The molecule has 0 aliphatic carbocycles. The Morgan fingerprint density at radius 2 is 1.85 bits per heavy atom. The number of imidazole rings is 1. The second kappa shape index (κ2) is 10.2. The summed E-state index contributed by atoms with van der Waals surface area (Å²) in [4.78, 5) is 21.6. The van der Waals surface area contributed by atoms with Crippen LogP contribution in [0.4, 0.5) is 4.39 Å². The predicted molar refractivity (Wildman–Crippen MR) is 121 cm³/mol. The van der Waals surface area contributed by atoms with Crippen LogP contribution in [-0.2, 0) is 18.3 Å². The van der Waals surface area contributed by atoms with Crippen LogP contribution in [0.25, 0.3) is 11.4 Å². The second-order valence-corrected chi connectivity index (χ2v) is 7.56. The molecule has 0 saturated carbocycles. The SMILES string of the molecule is COc1cc(OC)cc(C(NC(=O)CCc2nc(-c3ccc(F)cc3)no2)c2nccn2C)c1. The predicted octanol–water partition coefficient (Wildman–Crippen LogP) is 3.46. The van der Waals surface area contributed by atoms with Crippen molar-refractivity contribution < 1.29 is 23.2 Å². The van der Waals surface area contributed by atoms with Crippen LogP contribution in [0, 0.1) is 5.82 Å². The Morgan fingerprint density at radius 1 is 1.15 bits per heavy atom. The molecule has 1 atom stereocenters. The first-order valence-electron chi connectivity index (χ1n) is 10.5. The zero-order valence-corrected chi connectivity index (χ0v) is 19.0. The number of carbonyl (C=O) groups excluding carboxylic acids is 1. The van der Waals surface area contributed by atoms with Gasteiger partial charge >= 0.3 is 0 Å². The van der Waals surface area contributed by atoms with E-state index >= 15 is 0 Å². The fourth-order valence-corrected chi connectivity index (χ4v) is 3.47. The minimum absolute atomic E-state index is 0.118. The summed E-state index contributed by atoms with van der Waals surface area (Å²) in [5, 5.41) is 6.94. The van der Waals surface area contributed by atoms with Crippen LogP contribution in [0.2, 0.25) is 0 Å². The lowest BCUT2D eigenvalue weighted by molar-refractivity contribution is -0.121. The van der Waals surface area contributed by atoms with E-state index in [0.717, 1.165) is 5.56 Å². The zero-order chi connectivity index (χ0) is 24.1. The smallest absolute Gasteiger partial charge is 0.227 e. The molecular weight excluding hydrogens is 441 g/mol. The van der Waals surface area contributed by atoms with Crippen LogP contribution in [0.3, 0.4) is 0 Å². The number of hydrogen-bond donors (Lipinski definition) is 1. The van der Waals surface area contributed by atoms with Crippen LogP contribution in [-0.4, -0.2) is 39.8 Å². The molecule has 9 nitrogen and oxygen atoms in total. The van der Waals surface area contributed by atoms with Gasteiger partial charge in [-0.3, -0.25) is 4.79 Å². The van der Waals surface area contributed by atoms with Crippen molar-refractivity contribution >= 4 is 5.91 Å². The molecule has 0 bridgehead atoms. The first-order valence-corrected chi connectivity index (χ1v) is 10.5. The molecule has 0 aliphatic rings. The van der Waals surface area contributed by atoms with Crippen molar-refractivity contribution in [2.75, 3.05) is 14.2 Å². The van der Waals surface area contributed by atoms with E-state index in [4.69, 9.17) is 14.0 Å². The van der Waals surface area contributed by atoms with E-state index in [9.17, 15) is 9.18 Å². The molecule has 0 fully saturated rings. The lowest BCUT2D eigenvalue weighted by Gasteiger charge is -2.20. The summed E-state index contributed by atoms with van der Waals surface area (Å²) in [6.45, 7) is 0. The van der Waals surface area contributed by atoms with Crippen molar-refractivity contribution in [1.82, 2.24) is 25.0 Å². The van der Waals surface area contributed by atoms with Gasteiger partial charge in [0.25, 0.3) is 0 Å². The number of nitrogens with zero attached hydrogens (tertiary/aromatic N) is 4. The number of ether oxygens (including phenoxy) is 2. The van der Waals surface area contributed by atoms with E-state index < -0.39 is 6.04 Å². The van der Waals surface area contributed by atoms with Crippen molar-refractivity contribution in [2.24, 2.45) is 7.05 Å². The molecule has 4 rings (SSSR count). The monoisotopic (exact) mass is 465 g/mol. The van der Waals surface area contributed by atoms with Gasteiger partial charge in [-0.25, -0.2) is 9.37 Å². The summed E-state index contributed by atoms with van der Waals surface area (Å²) in [7, 11) is 4.99. The summed E-state index contributed by atoms with van der Waals surface area (Å²) in [5.74, 6) is 1.93. The van der Waals surface area contributed by atoms with Gasteiger partial charge in [0, 0.05) is 43.9 Å². The quantitative estimate of drug-likeness (QED) is 0.404. The number of halogens is 1. The molecule has 2 aromatic heterocycles. The average Bonchev–Trinajstić information content (AvgIpc) is 3.50. The molecule has 0 radical (unpaired) electrons. The standard InChI is InChI=1S/C24H24FN5O4/c1-30-11-10-26-24(30)22(16-12-18(32-2)14-19(13-16)33-3)27-20(31)8-9-21-28-23(29-34-21)15-4-6-17(25)7-5-15/h4-7,10-14,22H,8-9H2,1-3H3,(H,27,31). The number of hydrogen-bond acceptors (Lipinski definition) is 7. The summed E-state index contributed by atoms with van der Waals surface area (Å²) >= 11 is 0. The third kappa shape index (κ3) is 5.22. The van der Waals surface area contributed by atoms with E-state index in [0.29, 0.717) is 34.6 Å². The van der Waals surface area contributed by atoms with Crippen LogP contribution in [0.15, 0.2) is 59.4 Å². The van der Waals surface area contributed by atoms with Crippen molar-refractivity contribution in [3.8, 4) is 22.9 Å². The van der Waals surface area contributed by atoms with Gasteiger partial charge in [0.15, 0.2) is 0 Å². The van der Waals surface area contributed by atoms with Gasteiger partial charge in [-0.1, -0.05) is 5.16 Å². The van der Waals surface area contributed by atoms with Crippen LogP contribution < -0.4 is 14.8 Å². The summed E-state index contributed by atoms with van der Waals surface area (Å²) in [6, 6.07) is 10.7. The number of amides is 1. The van der Waals surface area contributed by atoms with Gasteiger partial charge in [0.1, 0.15) is 29.2 Å². The van der Waals surface area contributed by atoms with E-state index in [-0.39, 0.29) is 24.6 Å². The molecule has 0 saturated heterocycles. The largest absolute Gasteiger partial charge is 0.497 e. The maximum Gasteiger partial charge on any atom is 0.227 e. The van der Waals surface area contributed by atoms with Crippen LogP contribution >= 0.6 is 0 Å². The third-order valence-corrected chi connectivity index (χ3v) is 5.27. The van der Waals surface area contributed by atoms with Gasteiger partial charge in [-0.2, -0.15) is 4.98 Å². The Bertz CT molecular complexity index is 1250. The number of rotatable bonds is 9. The van der Waals surface area contributed by atoms with Crippen molar-refractivity contribution in [2.45, 2.75) is 18.9 Å². The van der Waals surface area contributed by atoms with Crippen LogP contribution in [0.5, 0.6) is 11.5 Å². The first-order chi connectivity index (χ1) is 16.5. The van der Waals surface area contributed by atoms with Crippen molar-refractivity contribution in [3.63, 3.8) is 0 Å². The highest BCUT2D eigenvalue weighted by atomic mass is 19.1. The lowest BCUT2D eigenvalue weighted by Crippen LogP contribution is -2.31. The molecule has 2 heterocycles. The molecule has 10 heteroatoms. The third-order valence-electron chi connectivity index (χ3n) is 5.27. The highest BCUT2D eigenvalue weighted by molar-refractivity contribution is 5.77. The van der Waals surface area contributed by atoms with Gasteiger partial charge in [-0.15, -0.1) is 0 Å². The Hall–Kier alpha value is -4.21. The Balaban J connectivity index is 1.49. The summed E-state index contributed by atoms with van der Waals surface area (Å²) < 4.78 is 31.0. The highest BCUT2D eigenvalue weighted by Crippen LogP contribution is 2.29. The van der Waals surface area contributed by atoms with E-state index in [1.54, 1.807) is 44.8 Å². The van der Waals surface area contributed by atoms with Crippen molar-refractivity contribution in [3.05, 3.63) is 78.0 Å². The second-order valence-electron chi connectivity index (χ2n) is 7.56. The number of carbonyl (C=O) groups is 1. The van der Waals surface area contributed by atoms with E-state index in [1.807, 2.05) is 23.7 Å². The molecule has 0 spiro atoms. The number of methoxy groups -OCH3 is 2. The minimum Gasteiger partial charge on any atom is -0.497 e. The number of aromatic nitrogens is 4. The maximum atomic E-state index is 13.1. The fourth-order valence-electron chi connectivity index (χ4n) is 3.47. The zero-order valence-electron chi connectivity index (χ0n) is 19.0. The molecule has 0 aliphatic heterocycles. The van der Waals surface area contributed by atoms with Gasteiger partial charge in [0.2, 0.25) is 17.6 Å². The molecule has 2 aromatic carbocycles. The van der Waals surface area contributed by atoms with Crippen molar-refractivity contribution in [1.29, 1.82) is 0 Å².